The van der Waals surface area contributed by atoms with Crippen LogP contribution in [0.25, 0.3) is 0 Å². The van der Waals surface area contributed by atoms with Crippen LogP contribution in [-0.2, 0) is 29.6 Å². The number of nitrogens with zero attached hydrogens (tertiary/aromatic N) is 4. The van der Waals surface area contributed by atoms with Crippen molar-refractivity contribution in [1.82, 2.24) is 19.2 Å². The second-order valence-corrected chi connectivity index (χ2v) is 9.52. The summed E-state index contributed by atoms with van der Waals surface area (Å²) >= 11 is 5.55. The Morgan fingerprint density at radius 3 is 2.89 bits per heavy atom. The molecule has 0 unspecified atom stereocenters. The molecular formula is C18H23FN4O2S2. The molecule has 27 heavy (non-hydrogen) atoms. The van der Waals surface area contributed by atoms with Crippen molar-refractivity contribution < 1.29 is 12.8 Å². The Bertz CT molecular complexity index is 997. The summed E-state index contributed by atoms with van der Waals surface area (Å²) in [4.78, 5) is 1.98. The SMILES string of the molecule is C=CCn1c([C@H]2CCS(=O)(=O)C2)nn(CN(C)Cc2cccc(F)c2)c1=S. The van der Waals surface area contributed by atoms with Crippen molar-refractivity contribution in [1.29, 1.82) is 0 Å². The standard InChI is InChI=1S/C18H23FN4O2S2/c1-3-8-22-17(15-7-9-27(24,25)12-15)20-23(18(22)26)13-21(2)11-14-5-4-6-16(19)10-14/h3-6,10,15H,1,7-9,11-13H2,2H3/t15-/m0/s1. The number of hydrogen-bond donors (Lipinski definition) is 0. The van der Waals surface area contributed by atoms with E-state index in [1.807, 2.05) is 22.6 Å². The van der Waals surface area contributed by atoms with E-state index in [0.29, 0.717) is 36.8 Å². The maximum absolute atomic E-state index is 13.4. The van der Waals surface area contributed by atoms with Gasteiger partial charge < -0.3 is 0 Å². The third-order valence-electron chi connectivity index (χ3n) is 4.58. The Hall–Kier alpha value is -1.84. The Morgan fingerprint density at radius 2 is 2.26 bits per heavy atom. The van der Waals surface area contributed by atoms with Gasteiger partial charge in [0.1, 0.15) is 11.6 Å². The van der Waals surface area contributed by atoms with Crippen LogP contribution in [0.15, 0.2) is 36.9 Å². The second-order valence-electron chi connectivity index (χ2n) is 6.93. The smallest absolute Gasteiger partial charge is 0.199 e. The van der Waals surface area contributed by atoms with Crippen molar-refractivity contribution in [2.24, 2.45) is 0 Å². The molecular weight excluding hydrogens is 387 g/mol. The number of hydrogen-bond acceptors (Lipinski definition) is 5. The van der Waals surface area contributed by atoms with Gasteiger partial charge in [0.05, 0.1) is 18.2 Å². The van der Waals surface area contributed by atoms with Crippen molar-refractivity contribution in [2.75, 3.05) is 18.6 Å². The molecule has 2 heterocycles. The summed E-state index contributed by atoms with van der Waals surface area (Å²) in [6.07, 6.45) is 2.29. The quantitative estimate of drug-likeness (QED) is 0.519. The molecule has 9 heteroatoms. The summed E-state index contributed by atoms with van der Waals surface area (Å²) in [7, 11) is -1.11. The highest BCUT2D eigenvalue weighted by atomic mass is 32.2. The first-order chi connectivity index (χ1) is 12.8. The van der Waals surface area contributed by atoms with E-state index >= 15 is 0 Å². The molecule has 1 aromatic heterocycles. The van der Waals surface area contributed by atoms with Crippen molar-refractivity contribution in [3.63, 3.8) is 0 Å². The predicted octanol–water partition coefficient (Wildman–Crippen LogP) is 2.73. The van der Waals surface area contributed by atoms with Gasteiger partial charge in [0, 0.05) is 19.0 Å². The van der Waals surface area contributed by atoms with E-state index in [4.69, 9.17) is 12.2 Å². The summed E-state index contributed by atoms with van der Waals surface area (Å²) in [5.41, 5.74) is 0.858. The van der Waals surface area contributed by atoms with Crippen LogP contribution in [0.3, 0.4) is 0 Å². The number of halogens is 1. The van der Waals surface area contributed by atoms with Gasteiger partial charge in [-0.25, -0.2) is 17.5 Å². The zero-order valence-electron chi connectivity index (χ0n) is 15.2. The Kier molecular flexibility index (Phi) is 5.92. The number of sulfone groups is 1. The molecule has 1 fully saturated rings. The molecule has 1 atom stereocenters. The molecule has 6 nitrogen and oxygen atoms in total. The third-order valence-corrected chi connectivity index (χ3v) is 6.78. The van der Waals surface area contributed by atoms with Crippen molar-refractivity contribution in [3.8, 4) is 0 Å². The molecule has 0 spiro atoms. The fraction of sp³-hybridized carbons (Fsp3) is 0.444. The van der Waals surface area contributed by atoms with E-state index in [2.05, 4.69) is 11.7 Å². The van der Waals surface area contributed by atoms with Gasteiger partial charge in [0.25, 0.3) is 0 Å². The summed E-state index contributed by atoms with van der Waals surface area (Å²) in [5, 5.41) is 4.62. The first-order valence-electron chi connectivity index (χ1n) is 8.71. The molecule has 0 saturated carbocycles. The molecule has 1 saturated heterocycles. The number of allylic oxidation sites excluding steroid dienone is 1. The van der Waals surface area contributed by atoms with E-state index in [9.17, 15) is 12.8 Å². The van der Waals surface area contributed by atoms with E-state index in [-0.39, 0.29) is 23.2 Å². The number of aromatic nitrogens is 3. The highest BCUT2D eigenvalue weighted by molar-refractivity contribution is 7.91. The minimum atomic E-state index is -3.02. The van der Waals surface area contributed by atoms with Crippen LogP contribution in [0.5, 0.6) is 0 Å². The minimum Gasteiger partial charge on any atom is -0.300 e. The minimum absolute atomic E-state index is 0.106. The van der Waals surface area contributed by atoms with E-state index in [1.54, 1.807) is 16.8 Å². The lowest BCUT2D eigenvalue weighted by Gasteiger charge is -2.16. The lowest BCUT2D eigenvalue weighted by molar-refractivity contribution is 0.243. The van der Waals surface area contributed by atoms with Crippen LogP contribution in [0.2, 0.25) is 0 Å². The first-order valence-corrected chi connectivity index (χ1v) is 10.9. The predicted molar refractivity (Wildman–Crippen MR) is 105 cm³/mol. The molecule has 0 radical (unpaired) electrons. The first kappa shape index (κ1) is 19.9. The van der Waals surface area contributed by atoms with Crippen LogP contribution in [-0.4, -0.2) is 46.2 Å². The fourth-order valence-corrected chi connectivity index (χ4v) is 5.38. The molecule has 146 valence electrons. The van der Waals surface area contributed by atoms with Gasteiger partial charge in [0.2, 0.25) is 0 Å². The maximum Gasteiger partial charge on any atom is 0.199 e. The molecule has 2 aromatic rings. The summed E-state index contributed by atoms with van der Waals surface area (Å²) < 4.78 is 41.2. The zero-order chi connectivity index (χ0) is 19.6. The highest BCUT2D eigenvalue weighted by Gasteiger charge is 2.33. The van der Waals surface area contributed by atoms with Gasteiger partial charge in [-0.05, 0) is 43.4 Å². The Labute approximate surface area is 163 Å². The van der Waals surface area contributed by atoms with Crippen LogP contribution in [0, 0.1) is 10.6 Å². The molecule has 0 N–H and O–H groups in total. The normalized spacial score (nSPS) is 18.9. The Morgan fingerprint density at radius 1 is 1.48 bits per heavy atom. The summed E-state index contributed by atoms with van der Waals surface area (Å²) in [6, 6.07) is 6.46. The van der Waals surface area contributed by atoms with E-state index in [0.717, 1.165) is 5.56 Å². The average molecular weight is 411 g/mol. The zero-order valence-corrected chi connectivity index (χ0v) is 16.8. The lowest BCUT2D eigenvalue weighted by Crippen LogP contribution is -2.22. The van der Waals surface area contributed by atoms with Crippen LogP contribution >= 0.6 is 12.2 Å². The molecule has 3 rings (SSSR count). The maximum atomic E-state index is 13.4. The lowest BCUT2D eigenvalue weighted by atomic mass is 10.1. The largest absolute Gasteiger partial charge is 0.300 e. The molecule has 0 aliphatic carbocycles. The van der Waals surface area contributed by atoms with Crippen molar-refractivity contribution >= 4 is 22.1 Å². The topological polar surface area (TPSA) is 60.1 Å². The molecule has 0 amide bonds. The molecule has 1 aliphatic rings. The van der Waals surface area contributed by atoms with Crippen LogP contribution < -0.4 is 0 Å². The molecule has 0 bridgehead atoms. The monoisotopic (exact) mass is 410 g/mol. The van der Waals surface area contributed by atoms with E-state index < -0.39 is 9.84 Å². The third kappa shape index (κ3) is 4.72. The summed E-state index contributed by atoms with van der Waals surface area (Å²) in [5.74, 6) is 0.573. The van der Waals surface area contributed by atoms with Gasteiger partial charge in [-0.15, -0.1) is 6.58 Å². The van der Waals surface area contributed by atoms with Gasteiger partial charge in [-0.2, -0.15) is 5.10 Å². The number of benzene rings is 1. The van der Waals surface area contributed by atoms with Gasteiger partial charge in [-0.1, -0.05) is 18.2 Å². The van der Waals surface area contributed by atoms with Crippen molar-refractivity contribution in [2.45, 2.75) is 32.1 Å². The second kappa shape index (κ2) is 8.04. The highest BCUT2D eigenvalue weighted by Crippen LogP contribution is 2.28. The molecule has 1 aromatic carbocycles. The Balaban J connectivity index is 1.82. The number of rotatable bonds is 7. The summed E-state index contributed by atoms with van der Waals surface area (Å²) in [6.45, 7) is 5.21. The van der Waals surface area contributed by atoms with Gasteiger partial charge >= 0.3 is 0 Å². The van der Waals surface area contributed by atoms with Crippen LogP contribution in [0.1, 0.15) is 23.7 Å². The molecule has 1 aliphatic heterocycles. The fourth-order valence-electron chi connectivity index (χ4n) is 3.38. The average Bonchev–Trinajstić information content (AvgIpc) is 3.09. The van der Waals surface area contributed by atoms with Crippen LogP contribution in [0.4, 0.5) is 4.39 Å². The van der Waals surface area contributed by atoms with Crippen molar-refractivity contribution in [3.05, 3.63) is 58.9 Å². The van der Waals surface area contributed by atoms with Gasteiger partial charge in [0.15, 0.2) is 14.6 Å². The van der Waals surface area contributed by atoms with E-state index in [1.165, 1.54) is 12.1 Å². The van der Waals surface area contributed by atoms with Gasteiger partial charge in [-0.3, -0.25) is 9.47 Å².